The predicted octanol–water partition coefficient (Wildman–Crippen LogP) is 1.03. The van der Waals surface area contributed by atoms with Crippen LogP contribution in [0, 0.1) is 11.8 Å². The van der Waals surface area contributed by atoms with Crippen molar-refractivity contribution in [2.45, 2.75) is 31.5 Å². The van der Waals surface area contributed by atoms with Crippen LogP contribution in [0.5, 0.6) is 0 Å². The van der Waals surface area contributed by atoms with E-state index in [0.29, 0.717) is 6.54 Å². The van der Waals surface area contributed by atoms with E-state index >= 15 is 0 Å². The maximum Gasteiger partial charge on any atom is 0.113 e. The summed E-state index contributed by atoms with van der Waals surface area (Å²) in [5, 5.41) is 3.52. The smallest absolute Gasteiger partial charge is 0.113 e. The Hall–Kier alpha value is -0.150. The first kappa shape index (κ1) is 9.10. The third-order valence-electron chi connectivity index (χ3n) is 4.24. The third kappa shape index (κ3) is 1.47. The number of rotatable bonds is 2. The number of hydrogen-bond donors (Lipinski definition) is 1. The zero-order valence-corrected chi connectivity index (χ0v) is 8.58. The van der Waals surface area contributed by atoms with E-state index in [0.717, 1.165) is 43.8 Å². The van der Waals surface area contributed by atoms with E-state index in [2.05, 4.69) is 10.2 Å². The van der Waals surface area contributed by atoms with Gasteiger partial charge in [-0.3, -0.25) is 0 Å². The lowest BCUT2D eigenvalue weighted by Gasteiger charge is -2.40. The zero-order chi connectivity index (χ0) is 9.54. The van der Waals surface area contributed by atoms with Crippen molar-refractivity contribution in [1.82, 2.24) is 10.2 Å². The SMILES string of the molecule is FC1CCCN(CC2C3CNC2C3)C1. The van der Waals surface area contributed by atoms with Gasteiger partial charge in [0.1, 0.15) is 6.17 Å². The summed E-state index contributed by atoms with van der Waals surface area (Å²) in [7, 11) is 0. The maximum absolute atomic E-state index is 13.2. The molecule has 1 N–H and O–H groups in total. The van der Waals surface area contributed by atoms with Crippen molar-refractivity contribution in [3.8, 4) is 0 Å². The average Bonchev–Trinajstić information content (AvgIpc) is 2.75. The molecule has 0 radical (unpaired) electrons. The lowest BCUT2D eigenvalue weighted by Crippen LogP contribution is -2.47. The molecule has 4 aliphatic rings. The van der Waals surface area contributed by atoms with Crippen molar-refractivity contribution in [3.63, 3.8) is 0 Å². The highest BCUT2D eigenvalue weighted by Gasteiger charge is 2.47. The van der Waals surface area contributed by atoms with Gasteiger partial charge in [-0.2, -0.15) is 0 Å². The number of nitrogens with one attached hydrogen (secondary N) is 1. The predicted molar refractivity (Wildman–Crippen MR) is 54.0 cm³/mol. The van der Waals surface area contributed by atoms with Crippen molar-refractivity contribution < 1.29 is 4.39 Å². The van der Waals surface area contributed by atoms with Crippen LogP contribution in [-0.4, -0.2) is 43.3 Å². The number of nitrogens with zero attached hydrogens (tertiary/aromatic N) is 1. The molecule has 0 amide bonds. The highest BCUT2D eigenvalue weighted by Crippen LogP contribution is 2.40. The summed E-state index contributed by atoms with van der Waals surface area (Å²) < 4.78 is 13.2. The van der Waals surface area contributed by atoms with Crippen LogP contribution in [0.1, 0.15) is 19.3 Å². The summed E-state index contributed by atoms with van der Waals surface area (Å²) in [5.41, 5.74) is 0. The molecule has 4 rings (SSSR count). The molecule has 80 valence electrons. The molecule has 2 nitrogen and oxygen atoms in total. The molecule has 4 unspecified atom stereocenters. The van der Waals surface area contributed by atoms with Crippen LogP contribution in [0.15, 0.2) is 0 Å². The zero-order valence-electron chi connectivity index (χ0n) is 8.58. The summed E-state index contributed by atoms with van der Waals surface area (Å²) in [4.78, 5) is 2.34. The van der Waals surface area contributed by atoms with E-state index in [4.69, 9.17) is 0 Å². The summed E-state index contributed by atoms with van der Waals surface area (Å²) in [6.07, 6.45) is 2.65. The highest BCUT2D eigenvalue weighted by atomic mass is 19.1. The molecule has 3 aliphatic heterocycles. The molecule has 4 atom stereocenters. The van der Waals surface area contributed by atoms with Gasteiger partial charge in [-0.15, -0.1) is 0 Å². The van der Waals surface area contributed by atoms with Crippen LogP contribution in [0.3, 0.4) is 0 Å². The quantitative estimate of drug-likeness (QED) is 0.713. The molecule has 2 bridgehead atoms. The first-order valence-electron chi connectivity index (χ1n) is 5.93. The third-order valence-corrected chi connectivity index (χ3v) is 4.24. The number of hydrogen-bond acceptors (Lipinski definition) is 2. The Balaban J connectivity index is 1.52. The van der Waals surface area contributed by atoms with E-state index in [1.54, 1.807) is 0 Å². The summed E-state index contributed by atoms with van der Waals surface area (Å²) in [5.74, 6) is 1.74. The summed E-state index contributed by atoms with van der Waals surface area (Å²) in [6.45, 7) is 4.16. The molecule has 1 aliphatic carbocycles. The lowest BCUT2D eigenvalue weighted by atomic mass is 9.73. The van der Waals surface area contributed by atoms with Crippen molar-refractivity contribution >= 4 is 0 Å². The molecule has 3 heterocycles. The van der Waals surface area contributed by atoms with Crippen LogP contribution in [0.4, 0.5) is 4.39 Å². The standard InChI is InChI=1S/C11H19FN2/c12-9-2-1-3-14(6-9)7-10-8-4-11(10)13-5-8/h8-11,13H,1-7H2. The summed E-state index contributed by atoms with van der Waals surface area (Å²) >= 11 is 0. The van der Waals surface area contributed by atoms with E-state index in [9.17, 15) is 4.39 Å². The van der Waals surface area contributed by atoms with Crippen molar-refractivity contribution in [2.24, 2.45) is 11.8 Å². The number of fused-ring (bicyclic) bond motifs is 1. The minimum atomic E-state index is -0.561. The molecule has 3 saturated heterocycles. The van der Waals surface area contributed by atoms with Gasteiger partial charge in [0, 0.05) is 19.1 Å². The minimum Gasteiger partial charge on any atom is -0.313 e. The summed E-state index contributed by atoms with van der Waals surface area (Å²) in [6, 6.07) is 0.764. The first-order chi connectivity index (χ1) is 6.83. The largest absolute Gasteiger partial charge is 0.313 e. The fourth-order valence-corrected chi connectivity index (χ4v) is 3.32. The van der Waals surface area contributed by atoms with Crippen LogP contribution in [0.25, 0.3) is 0 Å². The van der Waals surface area contributed by atoms with Gasteiger partial charge in [-0.05, 0) is 44.2 Å². The van der Waals surface area contributed by atoms with Crippen LogP contribution in [0.2, 0.25) is 0 Å². The maximum atomic E-state index is 13.2. The first-order valence-corrected chi connectivity index (χ1v) is 5.93. The second-order valence-electron chi connectivity index (χ2n) is 5.17. The Kier molecular flexibility index (Phi) is 2.25. The Morgan fingerprint density at radius 1 is 1.43 bits per heavy atom. The van der Waals surface area contributed by atoms with Gasteiger partial charge in [-0.25, -0.2) is 4.39 Å². The van der Waals surface area contributed by atoms with Crippen molar-refractivity contribution in [3.05, 3.63) is 0 Å². The molecule has 14 heavy (non-hydrogen) atoms. The van der Waals surface area contributed by atoms with Gasteiger partial charge in [0.25, 0.3) is 0 Å². The Morgan fingerprint density at radius 3 is 3.00 bits per heavy atom. The van der Waals surface area contributed by atoms with E-state index in [-0.39, 0.29) is 0 Å². The molecular weight excluding hydrogens is 179 g/mol. The van der Waals surface area contributed by atoms with Crippen molar-refractivity contribution in [1.29, 1.82) is 0 Å². The molecule has 0 aromatic rings. The fourth-order valence-electron chi connectivity index (χ4n) is 3.32. The second-order valence-corrected chi connectivity index (χ2v) is 5.17. The molecular formula is C11H19FN2. The number of alkyl halides is 1. The molecule has 0 spiro atoms. The lowest BCUT2D eigenvalue weighted by molar-refractivity contribution is 0.0821. The normalized spacial score (nSPS) is 47.8. The fraction of sp³-hybridized carbons (Fsp3) is 1.00. The van der Waals surface area contributed by atoms with Crippen LogP contribution < -0.4 is 5.32 Å². The number of halogens is 1. The molecule has 4 fully saturated rings. The molecule has 3 heteroatoms. The van der Waals surface area contributed by atoms with Crippen LogP contribution in [-0.2, 0) is 0 Å². The van der Waals surface area contributed by atoms with Crippen LogP contribution >= 0.6 is 0 Å². The van der Waals surface area contributed by atoms with Gasteiger partial charge in [0.05, 0.1) is 0 Å². The van der Waals surface area contributed by atoms with Crippen molar-refractivity contribution in [2.75, 3.05) is 26.2 Å². The van der Waals surface area contributed by atoms with Gasteiger partial charge in [-0.1, -0.05) is 0 Å². The van der Waals surface area contributed by atoms with Gasteiger partial charge < -0.3 is 10.2 Å². The van der Waals surface area contributed by atoms with Gasteiger partial charge in [0.2, 0.25) is 0 Å². The second kappa shape index (κ2) is 3.46. The Labute approximate surface area is 84.8 Å². The monoisotopic (exact) mass is 198 g/mol. The average molecular weight is 198 g/mol. The molecule has 0 aromatic carbocycles. The number of piperidine rings is 1. The van der Waals surface area contributed by atoms with E-state index < -0.39 is 6.17 Å². The number of likely N-dealkylation sites (tertiary alicyclic amines) is 1. The highest BCUT2D eigenvalue weighted by molar-refractivity contribution is 5.03. The Bertz CT molecular complexity index is 207. The van der Waals surface area contributed by atoms with E-state index in [1.807, 2.05) is 0 Å². The Morgan fingerprint density at radius 2 is 2.36 bits per heavy atom. The van der Waals surface area contributed by atoms with Gasteiger partial charge in [0.15, 0.2) is 0 Å². The minimum absolute atomic E-state index is 0.561. The molecule has 0 aromatic heterocycles. The van der Waals surface area contributed by atoms with Gasteiger partial charge >= 0.3 is 0 Å². The molecule has 1 saturated carbocycles. The topological polar surface area (TPSA) is 15.3 Å². The van der Waals surface area contributed by atoms with E-state index in [1.165, 1.54) is 13.0 Å².